The number of anilines is 2. The number of ether oxygens (including phenoxy) is 3. The minimum Gasteiger partial charge on any atom is -0.387 e. The fraction of sp³-hybridized carbons (Fsp3) is 0.276. The van der Waals surface area contributed by atoms with Gasteiger partial charge in [0, 0.05) is 29.6 Å². The summed E-state index contributed by atoms with van der Waals surface area (Å²) >= 11 is 6.50. The van der Waals surface area contributed by atoms with Crippen LogP contribution < -0.4 is 5.32 Å². The Bertz CT molecular complexity index is 1260. The molecule has 4 rings (SSSR count). The van der Waals surface area contributed by atoms with E-state index in [0.29, 0.717) is 16.1 Å². The van der Waals surface area contributed by atoms with Crippen LogP contribution in [-0.4, -0.2) is 60.9 Å². The zero-order chi connectivity index (χ0) is 26.4. The number of benzene rings is 3. The van der Waals surface area contributed by atoms with Crippen molar-refractivity contribution < 1.29 is 29.2 Å². The van der Waals surface area contributed by atoms with E-state index in [2.05, 4.69) is 5.32 Å². The van der Waals surface area contributed by atoms with E-state index in [1.165, 1.54) is 7.11 Å². The van der Waals surface area contributed by atoms with Crippen molar-refractivity contribution in [3.05, 3.63) is 100 Å². The molecule has 7 nitrogen and oxygen atoms in total. The van der Waals surface area contributed by atoms with Crippen molar-refractivity contribution in [2.75, 3.05) is 25.6 Å². The van der Waals surface area contributed by atoms with Gasteiger partial charge in [-0.25, -0.2) is 0 Å². The molecule has 3 aromatic rings. The number of hydrogen-bond acceptors (Lipinski definition) is 7. The maximum Gasteiger partial charge on any atom is 0.194 e. The number of para-hydroxylation sites is 1. The van der Waals surface area contributed by atoms with Gasteiger partial charge in [0.05, 0.1) is 18.2 Å². The molecule has 1 aliphatic heterocycles. The van der Waals surface area contributed by atoms with E-state index in [4.69, 9.17) is 25.8 Å². The number of rotatable bonds is 10. The number of hydrogen-bond donors (Lipinski definition) is 3. The van der Waals surface area contributed by atoms with Gasteiger partial charge < -0.3 is 29.7 Å². The first-order chi connectivity index (χ1) is 17.9. The van der Waals surface area contributed by atoms with Gasteiger partial charge in [-0.15, -0.1) is 0 Å². The quantitative estimate of drug-likeness (QED) is 0.261. The van der Waals surface area contributed by atoms with E-state index in [-0.39, 0.29) is 19.0 Å². The summed E-state index contributed by atoms with van der Waals surface area (Å²) in [5, 5.41) is 23.6. The van der Waals surface area contributed by atoms with Crippen LogP contribution >= 0.6 is 11.6 Å². The third kappa shape index (κ3) is 6.45. The number of ketones is 1. The number of carbonyl (C=O) groups is 1. The van der Waals surface area contributed by atoms with Crippen molar-refractivity contribution in [2.24, 2.45) is 0 Å². The third-order valence-electron chi connectivity index (χ3n) is 6.19. The number of carbonyl (C=O) groups excluding carboxylic acids is 1. The molecule has 0 radical (unpaired) electrons. The summed E-state index contributed by atoms with van der Waals surface area (Å²) in [4.78, 5) is 13.0. The summed E-state index contributed by atoms with van der Waals surface area (Å²) < 4.78 is 16.0. The maximum absolute atomic E-state index is 13.0. The van der Waals surface area contributed by atoms with Crippen LogP contribution in [0.1, 0.15) is 27.0 Å². The van der Waals surface area contributed by atoms with Gasteiger partial charge in [-0.3, -0.25) is 4.79 Å². The van der Waals surface area contributed by atoms with E-state index in [9.17, 15) is 15.0 Å². The molecule has 37 heavy (non-hydrogen) atoms. The highest BCUT2D eigenvalue weighted by atomic mass is 35.5. The van der Waals surface area contributed by atoms with Crippen molar-refractivity contribution in [3.63, 3.8) is 0 Å². The first-order valence-electron chi connectivity index (χ1n) is 11.9. The Kier molecular flexibility index (Phi) is 9.10. The SMILES string of the molecule is CO[C@H]1O[C@H](COC/C=C/c2ccccc2Nc2ccc(C(=O)c3ccccc3C)c(Cl)c2)[C@@H](O)[C@H]1O. The molecule has 0 aliphatic carbocycles. The van der Waals surface area contributed by atoms with Gasteiger partial charge in [-0.05, 0) is 42.3 Å². The van der Waals surface area contributed by atoms with Crippen molar-refractivity contribution in [2.45, 2.75) is 31.5 Å². The molecule has 3 aromatic carbocycles. The molecule has 0 bridgehead atoms. The number of aliphatic hydroxyl groups excluding tert-OH is 2. The van der Waals surface area contributed by atoms with Crippen LogP contribution in [0.2, 0.25) is 5.02 Å². The summed E-state index contributed by atoms with van der Waals surface area (Å²) in [5.41, 5.74) is 4.52. The number of aliphatic hydroxyl groups is 2. The smallest absolute Gasteiger partial charge is 0.194 e. The normalized spacial score (nSPS) is 21.4. The highest BCUT2D eigenvalue weighted by Crippen LogP contribution is 2.28. The Labute approximate surface area is 221 Å². The van der Waals surface area contributed by atoms with Gasteiger partial charge in [0.1, 0.15) is 18.3 Å². The maximum atomic E-state index is 13.0. The summed E-state index contributed by atoms with van der Waals surface area (Å²) in [6.45, 7) is 2.31. The van der Waals surface area contributed by atoms with Crippen LogP contribution in [0.25, 0.3) is 6.08 Å². The van der Waals surface area contributed by atoms with Gasteiger partial charge in [0.2, 0.25) is 0 Å². The highest BCUT2D eigenvalue weighted by molar-refractivity contribution is 6.35. The minimum absolute atomic E-state index is 0.110. The van der Waals surface area contributed by atoms with Crippen LogP contribution in [0, 0.1) is 6.92 Å². The van der Waals surface area contributed by atoms with Crippen molar-refractivity contribution in [1.82, 2.24) is 0 Å². The number of nitrogens with one attached hydrogen (secondary N) is 1. The lowest BCUT2D eigenvalue weighted by Gasteiger charge is -2.14. The Hall–Kier alpha value is -3.04. The average molecular weight is 524 g/mol. The van der Waals surface area contributed by atoms with E-state index in [0.717, 1.165) is 22.5 Å². The predicted octanol–water partition coefficient (Wildman–Crippen LogP) is 4.75. The second kappa shape index (κ2) is 12.5. The lowest BCUT2D eigenvalue weighted by atomic mass is 9.99. The monoisotopic (exact) mass is 523 g/mol. The van der Waals surface area contributed by atoms with E-state index < -0.39 is 24.6 Å². The van der Waals surface area contributed by atoms with Crippen LogP contribution in [0.15, 0.2) is 72.8 Å². The molecular formula is C29H30ClNO6. The second-order valence-corrected chi connectivity index (χ2v) is 9.16. The standard InChI is InChI=1S/C29H30ClNO6/c1-18-8-3-5-11-21(18)26(32)22-14-13-20(16-23(22)30)31-24-12-6-4-9-19(24)10-7-15-36-17-25-27(33)28(34)29(35-2)37-25/h3-14,16,25,27-29,31,33-34H,15,17H2,1-2H3/b10-7+/t25-,27-,28-,29+/m1/s1. The molecule has 0 aromatic heterocycles. The fourth-order valence-corrected chi connectivity index (χ4v) is 4.40. The molecule has 3 N–H and O–H groups in total. The van der Waals surface area contributed by atoms with E-state index in [1.54, 1.807) is 18.2 Å². The molecular weight excluding hydrogens is 494 g/mol. The predicted molar refractivity (Wildman–Crippen MR) is 143 cm³/mol. The van der Waals surface area contributed by atoms with Gasteiger partial charge >= 0.3 is 0 Å². The van der Waals surface area contributed by atoms with Crippen LogP contribution in [0.5, 0.6) is 0 Å². The largest absolute Gasteiger partial charge is 0.387 e. The van der Waals surface area contributed by atoms with Crippen LogP contribution in [0.3, 0.4) is 0 Å². The van der Waals surface area contributed by atoms with Crippen molar-refractivity contribution in [1.29, 1.82) is 0 Å². The topological polar surface area (TPSA) is 97.2 Å². The molecule has 0 saturated carbocycles. The number of halogens is 1. The molecule has 1 heterocycles. The summed E-state index contributed by atoms with van der Waals surface area (Å²) in [6.07, 6.45) is 0.0779. The van der Waals surface area contributed by atoms with Crippen LogP contribution in [-0.2, 0) is 14.2 Å². The summed E-state index contributed by atoms with van der Waals surface area (Å²) in [7, 11) is 1.41. The Morgan fingerprint density at radius 2 is 1.81 bits per heavy atom. The molecule has 1 saturated heterocycles. The Morgan fingerprint density at radius 3 is 2.54 bits per heavy atom. The highest BCUT2D eigenvalue weighted by Gasteiger charge is 2.42. The molecule has 194 valence electrons. The van der Waals surface area contributed by atoms with E-state index >= 15 is 0 Å². The van der Waals surface area contributed by atoms with Gasteiger partial charge in [0.25, 0.3) is 0 Å². The summed E-state index contributed by atoms with van der Waals surface area (Å²) in [6, 6.07) is 20.5. The average Bonchev–Trinajstić information content (AvgIpc) is 3.17. The molecule has 1 aliphatic rings. The Morgan fingerprint density at radius 1 is 1.05 bits per heavy atom. The van der Waals surface area contributed by atoms with Gasteiger partial charge in [-0.1, -0.05) is 66.2 Å². The molecule has 8 heteroatoms. The molecule has 0 unspecified atom stereocenters. The first-order valence-corrected chi connectivity index (χ1v) is 12.3. The molecule has 4 atom stereocenters. The Balaban J connectivity index is 1.37. The van der Waals surface area contributed by atoms with Crippen molar-refractivity contribution >= 4 is 34.8 Å². The minimum atomic E-state index is -1.10. The zero-order valence-corrected chi connectivity index (χ0v) is 21.4. The number of methoxy groups -OCH3 is 1. The first kappa shape index (κ1) is 27.0. The molecule has 1 fully saturated rings. The second-order valence-electron chi connectivity index (χ2n) is 8.75. The summed E-state index contributed by atoms with van der Waals surface area (Å²) in [5.74, 6) is -0.110. The van der Waals surface area contributed by atoms with Gasteiger partial charge in [-0.2, -0.15) is 0 Å². The molecule has 0 spiro atoms. The number of aryl methyl sites for hydroxylation is 1. The van der Waals surface area contributed by atoms with E-state index in [1.807, 2.05) is 67.6 Å². The van der Waals surface area contributed by atoms with Gasteiger partial charge in [0.15, 0.2) is 12.1 Å². The van der Waals surface area contributed by atoms with Crippen molar-refractivity contribution in [3.8, 4) is 0 Å². The lowest BCUT2D eigenvalue weighted by Crippen LogP contribution is -2.34. The third-order valence-corrected chi connectivity index (χ3v) is 6.50. The fourth-order valence-electron chi connectivity index (χ4n) is 4.14. The zero-order valence-electron chi connectivity index (χ0n) is 20.6. The molecule has 0 amide bonds. The van der Waals surface area contributed by atoms with Crippen LogP contribution in [0.4, 0.5) is 11.4 Å². The lowest BCUT2D eigenvalue weighted by molar-refractivity contribution is -0.155.